The molecule has 3 aromatic heterocycles. The number of nitrogens with zero attached hydrogens (tertiary/aromatic N) is 2. The van der Waals surface area contributed by atoms with Crippen molar-refractivity contribution >= 4 is 99.1 Å². The molecular formula is C58H38N2OS. The Morgan fingerprint density at radius 1 is 0.516 bits per heavy atom. The highest BCUT2D eigenvalue weighted by Crippen LogP contribution is 2.47. The number of hydrogen-bond acceptors (Lipinski definition) is 3. The molecular weight excluding hydrogens is 773 g/mol. The van der Waals surface area contributed by atoms with E-state index in [-0.39, 0.29) is 0 Å². The fraction of sp³-hybridized carbons (Fsp3) is 0.0345. The van der Waals surface area contributed by atoms with Crippen LogP contribution in [-0.4, -0.2) is 4.57 Å². The van der Waals surface area contributed by atoms with Crippen LogP contribution in [0.1, 0.15) is 28.3 Å². The highest BCUT2D eigenvalue weighted by molar-refractivity contribution is 7.19. The van der Waals surface area contributed by atoms with Crippen LogP contribution in [0, 0.1) is 0 Å². The number of fused-ring (bicyclic) bond motifs is 10. The number of thiophene rings is 1. The van der Waals surface area contributed by atoms with Crippen molar-refractivity contribution in [1.82, 2.24) is 4.57 Å². The summed E-state index contributed by atoms with van der Waals surface area (Å²) < 4.78 is 10.2. The van der Waals surface area contributed by atoms with Gasteiger partial charge in [0.25, 0.3) is 0 Å². The topological polar surface area (TPSA) is 21.3 Å². The molecule has 1 atom stereocenters. The van der Waals surface area contributed by atoms with E-state index in [1.165, 1.54) is 58.7 Å². The highest BCUT2D eigenvalue weighted by atomic mass is 32.1. The van der Waals surface area contributed by atoms with Gasteiger partial charge < -0.3 is 13.9 Å². The highest BCUT2D eigenvalue weighted by Gasteiger charge is 2.25. The van der Waals surface area contributed by atoms with Gasteiger partial charge in [-0.3, -0.25) is 0 Å². The number of hydrogen-bond donors (Lipinski definition) is 0. The Morgan fingerprint density at radius 3 is 2.03 bits per heavy atom. The molecule has 62 heavy (non-hydrogen) atoms. The average molecular weight is 811 g/mol. The lowest BCUT2D eigenvalue weighted by Gasteiger charge is -2.29. The molecule has 0 N–H and O–H groups in total. The molecule has 1 aliphatic carbocycles. The van der Waals surface area contributed by atoms with Crippen molar-refractivity contribution in [1.29, 1.82) is 0 Å². The molecule has 0 aliphatic heterocycles. The van der Waals surface area contributed by atoms with Crippen molar-refractivity contribution in [2.24, 2.45) is 0 Å². The van der Waals surface area contributed by atoms with E-state index in [4.69, 9.17) is 4.42 Å². The first-order chi connectivity index (χ1) is 30.7. The number of aromatic nitrogens is 1. The Kier molecular flexibility index (Phi) is 7.91. The third-order valence-electron chi connectivity index (χ3n) is 12.9. The zero-order valence-corrected chi connectivity index (χ0v) is 34.5. The summed E-state index contributed by atoms with van der Waals surface area (Å²) in [5, 5.41) is 8.48. The van der Waals surface area contributed by atoms with Gasteiger partial charge in [-0.15, -0.1) is 11.3 Å². The summed E-state index contributed by atoms with van der Waals surface area (Å²) in [6.07, 6.45) is 5.67. The Hall–Kier alpha value is -7.66. The smallest absolute Gasteiger partial charge is 0.136 e. The lowest BCUT2D eigenvalue weighted by atomic mass is 9.87. The zero-order valence-electron chi connectivity index (χ0n) is 33.7. The molecule has 292 valence electrons. The van der Waals surface area contributed by atoms with Crippen LogP contribution in [0.2, 0.25) is 0 Å². The van der Waals surface area contributed by atoms with Crippen LogP contribution >= 0.6 is 11.3 Å². The van der Waals surface area contributed by atoms with Crippen LogP contribution in [0.25, 0.3) is 87.5 Å². The number of allylic oxidation sites excluding steroid dienone is 1. The minimum atomic E-state index is 0.314. The van der Waals surface area contributed by atoms with Gasteiger partial charge in [-0.05, 0) is 118 Å². The van der Waals surface area contributed by atoms with Crippen molar-refractivity contribution in [3.05, 3.63) is 222 Å². The van der Waals surface area contributed by atoms with E-state index in [2.05, 4.69) is 222 Å². The van der Waals surface area contributed by atoms with Crippen molar-refractivity contribution in [3.8, 4) is 16.8 Å². The monoisotopic (exact) mass is 810 g/mol. The van der Waals surface area contributed by atoms with Crippen LogP contribution in [0.4, 0.5) is 17.1 Å². The minimum absolute atomic E-state index is 0.314. The van der Waals surface area contributed by atoms with Gasteiger partial charge in [0.2, 0.25) is 0 Å². The molecule has 9 aromatic carbocycles. The maximum Gasteiger partial charge on any atom is 0.136 e. The number of furan rings is 1. The quantitative estimate of drug-likeness (QED) is 0.167. The van der Waals surface area contributed by atoms with E-state index in [9.17, 15) is 0 Å². The summed E-state index contributed by atoms with van der Waals surface area (Å²) >= 11 is 1.94. The van der Waals surface area contributed by atoms with Crippen LogP contribution in [-0.2, 0) is 0 Å². The Balaban J connectivity index is 0.984. The molecule has 1 unspecified atom stereocenters. The number of benzene rings is 9. The number of rotatable bonds is 6. The van der Waals surface area contributed by atoms with E-state index in [0.29, 0.717) is 5.92 Å². The second-order valence-corrected chi connectivity index (χ2v) is 17.5. The lowest BCUT2D eigenvalue weighted by molar-refractivity contribution is 0.669. The standard InChI is InChI=1S/C58H38N2OS/c1-2-14-39-35-56-51(33-38(39)13-1)50-34-40(29-32-55(50)61-56)44-17-3-7-23-52(44)59(41-30-27-37(28-31-41)45-21-12-22-49-48-20-6-10-26-57(48)62-58(45)49)42-15-11-16-43(36-42)60-53-24-8-4-18-46(53)47-19-5-9-25-54(47)60/h1-20,22-36,45H,21H2. The van der Waals surface area contributed by atoms with Gasteiger partial charge in [-0.2, -0.15) is 0 Å². The summed E-state index contributed by atoms with van der Waals surface area (Å²) in [6.45, 7) is 0. The van der Waals surface area contributed by atoms with Crippen LogP contribution < -0.4 is 4.90 Å². The van der Waals surface area contributed by atoms with Gasteiger partial charge in [0.15, 0.2) is 0 Å². The maximum atomic E-state index is 6.46. The summed E-state index contributed by atoms with van der Waals surface area (Å²) in [4.78, 5) is 3.89. The summed E-state index contributed by atoms with van der Waals surface area (Å²) in [7, 11) is 0. The third kappa shape index (κ3) is 5.50. The molecule has 0 saturated heterocycles. The number of anilines is 3. The molecule has 12 aromatic rings. The Bertz CT molecular complexity index is 3700. The Labute approximate surface area is 362 Å². The largest absolute Gasteiger partial charge is 0.456 e. The van der Waals surface area contributed by atoms with Crippen molar-refractivity contribution in [3.63, 3.8) is 0 Å². The van der Waals surface area contributed by atoms with Crippen molar-refractivity contribution in [2.75, 3.05) is 4.90 Å². The molecule has 0 bridgehead atoms. The second-order valence-electron chi connectivity index (χ2n) is 16.4. The molecule has 3 heterocycles. The molecule has 0 spiro atoms. The van der Waals surface area contributed by atoms with E-state index in [0.717, 1.165) is 62.2 Å². The van der Waals surface area contributed by atoms with E-state index in [1.54, 1.807) is 0 Å². The Morgan fingerprint density at radius 2 is 1.21 bits per heavy atom. The molecule has 0 radical (unpaired) electrons. The molecule has 4 heteroatoms. The molecule has 0 amide bonds. The van der Waals surface area contributed by atoms with Gasteiger partial charge >= 0.3 is 0 Å². The molecule has 13 rings (SSSR count). The first kappa shape index (κ1) is 35.1. The van der Waals surface area contributed by atoms with Crippen LogP contribution in [0.15, 0.2) is 211 Å². The van der Waals surface area contributed by atoms with Gasteiger partial charge in [-0.25, -0.2) is 0 Å². The fourth-order valence-electron chi connectivity index (χ4n) is 10.0. The van der Waals surface area contributed by atoms with Gasteiger partial charge in [-0.1, -0.05) is 133 Å². The molecule has 1 aliphatic rings. The SMILES string of the molecule is C1=Cc2c(sc3ccccc23)C(c2ccc(N(c3cccc(-n4c5ccccc5c5ccccc54)c3)c3ccccc3-c3ccc4oc5cc6ccccc6cc5c4c3)cc2)C1. The maximum absolute atomic E-state index is 6.46. The lowest BCUT2D eigenvalue weighted by Crippen LogP contribution is -2.12. The fourth-order valence-corrected chi connectivity index (χ4v) is 11.4. The average Bonchev–Trinajstić information content (AvgIpc) is 4.00. The normalized spacial score (nSPS) is 13.8. The summed E-state index contributed by atoms with van der Waals surface area (Å²) in [5.74, 6) is 0.314. The first-order valence-corrected chi connectivity index (χ1v) is 22.2. The van der Waals surface area contributed by atoms with Crippen LogP contribution in [0.5, 0.6) is 0 Å². The third-order valence-corrected chi connectivity index (χ3v) is 14.2. The van der Waals surface area contributed by atoms with E-state index in [1.807, 2.05) is 11.3 Å². The predicted octanol–water partition coefficient (Wildman–Crippen LogP) is 16.7. The van der Waals surface area contributed by atoms with Gasteiger partial charge in [0.05, 0.1) is 16.7 Å². The second kappa shape index (κ2) is 14.0. The molecule has 0 fully saturated rings. The van der Waals surface area contributed by atoms with E-state index < -0.39 is 0 Å². The number of para-hydroxylation sites is 3. The molecule has 3 nitrogen and oxygen atoms in total. The first-order valence-electron chi connectivity index (χ1n) is 21.3. The van der Waals surface area contributed by atoms with Crippen LogP contribution in [0.3, 0.4) is 0 Å². The van der Waals surface area contributed by atoms with Gasteiger partial charge in [0.1, 0.15) is 11.2 Å². The summed E-state index contributed by atoms with van der Waals surface area (Å²) in [6, 6.07) is 73.1. The van der Waals surface area contributed by atoms with Gasteiger partial charge in [0, 0.05) is 59.7 Å². The zero-order chi connectivity index (χ0) is 40.7. The minimum Gasteiger partial charge on any atom is -0.456 e. The van der Waals surface area contributed by atoms with Crippen molar-refractivity contribution < 1.29 is 4.42 Å². The van der Waals surface area contributed by atoms with E-state index >= 15 is 0 Å². The van der Waals surface area contributed by atoms with Crippen molar-refractivity contribution in [2.45, 2.75) is 12.3 Å². The predicted molar refractivity (Wildman–Crippen MR) is 263 cm³/mol. The summed E-state index contributed by atoms with van der Waals surface area (Å²) in [5.41, 5.74) is 13.6. The molecule has 0 saturated carbocycles.